The topological polar surface area (TPSA) is 53.1 Å². The summed E-state index contributed by atoms with van der Waals surface area (Å²) >= 11 is 0. The Labute approximate surface area is 116 Å². The number of nitrogens with zero attached hydrogens (tertiary/aromatic N) is 2. The molecule has 108 valence electrons. The second-order valence-electron chi connectivity index (χ2n) is 6.36. The van der Waals surface area contributed by atoms with Crippen LogP contribution in [0.4, 0.5) is 0 Å². The highest BCUT2D eigenvalue weighted by atomic mass is 16.5. The van der Waals surface area contributed by atoms with Gasteiger partial charge in [0.1, 0.15) is 0 Å². The Morgan fingerprint density at radius 1 is 1.47 bits per heavy atom. The van der Waals surface area contributed by atoms with Gasteiger partial charge in [0.15, 0.2) is 0 Å². The first kappa shape index (κ1) is 14.5. The van der Waals surface area contributed by atoms with Crippen molar-refractivity contribution in [2.45, 2.75) is 70.1 Å². The Bertz CT molecular complexity index is 394. The maximum Gasteiger partial charge on any atom is 0.0640 e. The van der Waals surface area contributed by atoms with E-state index in [-0.39, 0.29) is 11.6 Å². The van der Waals surface area contributed by atoms with Crippen molar-refractivity contribution in [1.82, 2.24) is 9.78 Å². The normalized spacial score (nSPS) is 18.9. The highest BCUT2D eigenvalue weighted by Crippen LogP contribution is 2.28. The minimum Gasteiger partial charge on any atom is -0.379 e. The van der Waals surface area contributed by atoms with Gasteiger partial charge in [0.05, 0.1) is 17.3 Å². The Morgan fingerprint density at radius 2 is 2.16 bits per heavy atom. The average Bonchev–Trinajstić information content (AvgIpc) is 2.97. The molecule has 0 aromatic carbocycles. The van der Waals surface area contributed by atoms with Gasteiger partial charge in [0, 0.05) is 25.8 Å². The third-order valence-corrected chi connectivity index (χ3v) is 4.14. The minimum atomic E-state index is -0.159. The van der Waals surface area contributed by atoms with Crippen LogP contribution in [0.5, 0.6) is 0 Å². The standard InChI is InChI=1S/C15H27N3O/c1-15(2,19-3)11-12(16)10-13-8-9-18(17-13)14-6-4-5-7-14/h8-9,12,14H,4-7,10-11,16H2,1-3H3. The van der Waals surface area contributed by atoms with Crippen LogP contribution in [0.1, 0.15) is 57.7 Å². The Kier molecular flexibility index (Phi) is 4.63. The molecule has 1 atom stereocenters. The van der Waals surface area contributed by atoms with Crippen molar-refractivity contribution in [3.8, 4) is 0 Å². The van der Waals surface area contributed by atoms with E-state index in [4.69, 9.17) is 10.5 Å². The molecule has 1 aromatic heterocycles. The highest BCUT2D eigenvalue weighted by Gasteiger charge is 2.22. The fourth-order valence-corrected chi connectivity index (χ4v) is 2.91. The first-order chi connectivity index (χ1) is 9.00. The second kappa shape index (κ2) is 6.06. The molecule has 1 aromatic rings. The molecule has 1 fully saturated rings. The molecule has 1 aliphatic rings. The van der Waals surface area contributed by atoms with Crippen molar-refractivity contribution in [1.29, 1.82) is 0 Å². The zero-order chi connectivity index (χ0) is 13.9. The molecule has 4 heteroatoms. The molecule has 4 nitrogen and oxygen atoms in total. The van der Waals surface area contributed by atoms with Crippen molar-refractivity contribution in [2.75, 3.05) is 7.11 Å². The van der Waals surface area contributed by atoms with E-state index in [1.54, 1.807) is 7.11 Å². The third-order valence-electron chi connectivity index (χ3n) is 4.14. The zero-order valence-corrected chi connectivity index (χ0v) is 12.4. The van der Waals surface area contributed by atoms with E-state index in [1.165, 1.54) is 25.7 Å². The lowest BCUT2D eigenvalue weighted by Gasteiger charge is -2.26. The average molecular weight is 265 g/mol. The molecule has 2 N–H and O–H groups in total. The summed E-state index contributed by atoms with van der Waals surface area (Å²) in [5.41, 5.74) is 7.14. The van der Waals surface area contributed by atoms with Crippen molar-refractivity contribution >= 4 is 0 Å². The summed E-state index contributed by atoms with van der Waals surface area (Å²) in [6, 6.07) is 2.82. The molecule has 2 rings (SSSR count). The number of ether oxygens (including phenoxy) is 1. The van der Waals surface area contributed by atoms with E-state index in [2.05, 4.69) is 35.9 Å². The SMILES string of the molecule is COC(C)(C)CC(N)Cc1ccn(C2CCCC2)n1. The second-order valence-corrected chi connectivity index (χ2v) is 6.36. The summed E-state index contributed by atoms with van der Waals surface area (Å²) in [4.78, 5) is 0. The summed E-state index contributed by atoms with van der Waals surface area (Å²) < 4.78 is 7.56. The molecule has 0 bridgehead atoms. The zero-order valence-electron chi connectivity index (χ0n) is 12.4. The number of nitrogens with two attached hydrogens (primary N) is 1. The van der Waals surface area contributed by atoms with Gasteiger partial charge in [-0.1, -0.05) is 12.8 Å². The Balaban J connectivity index is 1.88. The fraction of sp³-hybridized carbons (Fsp3) is 0.800. The molecule has 19 heavy (non-hydrogen) atoms. The fourth-order valence-electron chi connectivity index (χ4n) is 2.91. The van der Waals surface area contributed by atoms with Gasteiger partial charge < -0.3 is 10.5 Å². The largest absolute Gasteiger partial charge is 0.379 e. The molecule has 1 unspecified atom stereocenters. The van der Waals surface area contributed by atoms with Crippen LogP contribution in [0, 0.1) is 0 Å². The van der Waals surface area contributed by atoms with E-state index in [0.717, 1.165) is 18.5 Å². The number of methoxy groups -OCH3 is 1. The number of rotatable bonds is 6. The van der Waals surface area contributed by atoms with Gasteiger partial charge in [-0.05, 0) is 39.2 Å². The quantitative estimate of drug-likeness (QED) is 0.860. The van der Waals surface area contributed by atoms with Crippen LogP contribution in [0.15, 0.2) is 12.3 Å². The Hall–Kier alpha value is -0.870. The Morgan fingerprint density at radius 3 is 2.79 bits per heavy atom. The molecular weight excluding hydrogens is 238 g/mol. The minimum absolute atomic E-state index is 0.0990. The molecule has 1 heterocycles. The predicted octanol–water partition coefficient (Wildman–Crippen LogP) is 2.68. The van der Waals surface area contributed by atoms with Gasteiger partial charge in [-0.2, -0.15) is 5.10 Å². The van der Waals surface area contributed by atoms with Crippen LogP contribution in [0.2, 0.25) is 0 Å². The number of aromatic nitrogens is 2. The van der Waals surface area contributed by atoms with Crippen molar-refractivity contribution in [3.05, 3.63) is 18.0 Å². The van der Waals surface area contributed by atoms with Crippen molar-refractivity contribution in [3.63, 3.8) is 0 Å². The van der Waals surface area contributed by atoms with Crippen molar-refractivity contribution in [2.24, 2.45) is 5.73 Å². The van der Waals surface area contributed by atoms with Crippen LogP contribution in [0.3, 0.4) is 0 Å². The van der Waals surface area contributed by atoms with Gasteiger partial charge in [-0.15, -0.1) is 0 Å². The van der Waals surface area contributed by atoms with E-state index in [1.807, 2.05) is 0 Å². The molecule has 0 radical (unpaired) electrons. The number of hydrogen-bond donors (Lipinski definition) is 1. The van der Waals surface area contributed by atoms with Gasteiger partial charge >= 0.3 is 0 Å². The summed E-state index contributed by atoms with van der Waals surface area (Å²) in [7, 11) is 1.74. The third kappa shape index (κ3) is 4.05. The van der Waals surface area contributed by atoms with Gasteiger partial charge in [-0.3, -0.25) is 4.68 Å². The van der Waals surface area contributed by atoms with Gasteiger partial charge in [-0.25, -0.2) is 0 Å². The lowest BCUT2D eigenvalue weighted by molar-refractivity contribution is 0.0101. The van der Waals surface area contributed by atoms with Crippen LogP contribution in [0.25, 0.3) is 0 Å². The summed E-state index contributed by atoms with van der Waals surface area (Å²) in [5, 5.41) is 4.68. The molecule has 0 saturated heterocycles. The first-order valence-corrected chi connectivity index (χ1v) is 7.35. The molecular formula is C15H27N3O. The van der Waals surface area contributed by atoms with E-state index in [9.17, 15) is 0 Å². The molecule has 0 amide bonds. The highest BCUT2D eigenvalue weighted by molar-refractivity contribution is 5.03. The van der Waals surface area contributed by atoms with Crippen LogP contribution in [-0.2, 0) is 11.2 Å². The smallest absolute Gasteiger partial charge is 0.0640 e. The summed E-state index contributed by atoms with van der Waals surface area (Å²) in [6.07, 6.45) is 8.99. The monoisotopic (exact) mass is 265 g/mol. The molecule has 1 saturated carbocycles. The molecule has 0 aliphatic heterocycles. The van der Waals surface area contributed by atoms with E-state index >= 15 is 0 Å². The number of hydrogen-bond acceptors (Lipinski definition) is 3. The van der Waals surface area contributed by atoms with Crippen LogP contribution in [-0.4, -0.2) is 28.5 Å². The lowest BCUT2D eigenvalue weighted by Crippen LogP contribution is -2.35. The van der Waals surface area contributed by atoms with E-state index < -0.39 is 0 Å². The summed E-state index contributed by atoms with van der Waals surface area (Å²) in [5.74, 6) is 0. The van der Waals surface area contributed by atoms with Crippen molar-refractivity contribution < 1.29 is 4.74 Å². The lowest BCUT2D eigenvalue weighted by atomic mass is 9.96. The van der Waals surface area contributed by atoms with Gasteiger partial charge in [0.25, 0.3) is 0 Å². The van der Waals surface area contributed by atoms with Crippen LogP contribution >= 0.6 is 0 Å². The first-order valence-electron chi connectivity index (χ1n) is 7.35. The molecule has 0 spiro atoms. The van der Waals surface area contributed by atoms with Gasteiger partial charge in [0.2, 0.25) is 0 Å². The summed E-state index contributed by atoms with van der Waals surface area (Å²) in [6.45, 7) is 4.15. The maximum absolute atomic E-state index is 6.20. The predicted molar refractivity (Wildman–Crippen MR) is 77.1 cm³/mol. The van der Waals surface area contributed by atoms with E-state index in [0.29, 0.717) is 6.04 Å². The van der Waals surface area contributed by atoms with Crippen LogP contribution < -0.4 is 5.73 Å². The molecule has 1 aliphatic carbocycles. The maximum atomic E-state index is 6.20.